The lowest BCUT2D eigenvalue weighted by Crippen LogP contribution is -2.24. The SMILES string of the molecule is CN(CCOc1ccc(N)cc1F)c1ccccn1. The number of rotatable bonds is 5. The maximum Gasteiger partial charge on any atom is 0.167 e. The van der Waals surface area contributed by atoms with Crippen molar-refractivity contribution in [3.8, 4) is 5.75 Å². The van der Waals surface area contributed by atoms with E-state index in [1.54, 1.807) is 12.3 Å². The maximum absolute atomic E-state index is 13.5. The first-order chi connectivity index (χ1) is 9.16. The minimum absolute atomic E-state index is 0.212. The van der Waals surface area contributed by atoms with Gasteiger partial charge in [0.1, 0.15) is 12.4 Å². The first kappa shape index (κ1) is 13.1. The molecule has 0 spiro atoms. The van der Waals surface area contributed by atoms with Gasteiger partial charge in [-0.2, -0.15) is 0 Å². The van der Waals surface area contributed by atoms with Crippen LogP contribution in [-0.4, -0.2) is 25.2 Å². The van der Waals surface area contributed by atoms with Gasteiger partial charge < -0.3 is 15.4 Å². The van der Waals surface area contributed by atoms with Crippen LogP contribution in [0.3, 0.4) is 0 Å². The molecule has 0 amide bonds. The Kier molecular flexibility index (Phi) is 4.18. The smallest absolute Gasteiger partial charge is 0.167 e. The number of halogens is 1. The summed E-state index contributed by atoms with van der Waals surface area (Å²) in [6.07, 6.45) is 1.73. The van der Waals surface area contributed by atoms with Crippen molar-refractivity contribution in [3.63, 3.8) is 0 Å². The van der Waals surface area contributed by atoms with Gasteiger partial charge in [0.15, 0.2) is 11.6 Å². The summed E-state index contributed by atoms with van der Waals surface area (Å²) in [6, 6.07) is 10.1. The number of aromatic nitrogens is 1. The van der Waals surface area contributed by atoms with Crippen molar-refractivity contribution < 1.29 is 9.13 Å². The van der Waals surface area contributed by atoms with Crippen molar-refractivity contribution in [1.29, 1.82) is 0 Å². The van der Waals surface area contributed by atoms with Gasteiger partial charge in [-0.15, -0.1) is 0 Å². The second-order valence-electron chi connectivity index (χ2n) is 4.15. The monoisotopic (exact) mass is 261 g/mol. The Bertz CT molecular complexity index is 533. The number of likely N-dealkylation sites (N-methyl/N-ethyl adjacent to an activating group) is 1. The molecule has 0 saturated heterocycles. The van der Waals surface area contributed by atoms with E-state index in [-0.39, 0.29) is 5.75 Å². The van der Waals surface area contributed by atoms with E-state index in [1.165, 1.54) is 12.1 Å². The fourth-order valence-electron chi connectivity index (χ4n) is 1.62. The fraction of sp³-hybridized carbons (Fsp3) is 0.214. The van der Waals surface area contributed by atoms with Gasteiger partial charge >= 0.3 is 0 Å². The van der Waals surface area contributed by atoms with Crippen molar-refractivity contribution in [2.45, 2.75) is 0 Å². The van der Waals surface area contributed by atoms with E-state index in [2.05, 4.69) is 4.98 Å². The van der Waals surface area contributed by atoms with Gasteiger partial charge in [0, 0.05) is 25.0 Å². The van der Waals surface area contributed by atoms with E-state index in [9.17, 15) is 4.39 Å². The van der Waals surface area contributed by atoms with Gasteiger partial charge in [-0.1, -0.05) is 6.07 Å². The first-order valence-electron chi connectivity index (χ1n) is 5.97. The van der Waals surface area contributed by atoms with Gasteiger partial charge in [-0.05, 0) is 24.3 Å². The number of benzene rings is 1. The first-order valence-corrected chi connectivity index (χ1v) is 5.97. The zero-order valence-corrected chi connectivity index (χ0v) is 10.7. The molecule has 2 N–H and O–H groups in total. The summed E-state index contributed by atoms with van der Waals surface area (Å²) >= 11 is 0. The number of nitrogens with two attached hydrogens (primary N) is 1. The molecule has 0 aliphatic heterocycles. The summed E-state index contributed by atoms with van der Waals surface area (Å²) in [4.78, 5) is 6.15. The van der Waals surface area contributed by atoms with Gasteiger partial charge in [0.05, 0.1) is 6.54 Å². The number of hydrogen-bond acceptors (Lipinski definition) is 4. The molecule has 19 heavy (non-hydrogen) atoms. The van der Waals surface area contributed by atoms with Crippen LogP contribution >= 0.6 is 0 Å². The van der Waals surface area contributed by atoms with Crippen molar-refractivity contribution in [3.05, 3.63) is 48.4 Å². The lowest BCUT2D eigenvalue weighted by atomic mass is 10.3. The summed E-state index contributed by atoms with van der Waals surface area (Å²) in [6.45, 7) is 0.981. The van der Waals surface area contributed by atoms with E-state index >= 15 is 0 Å². The molecular weight excluding hydrogens is 245 g/mol. The predicted molar refractivity (Wildman–Crippen MR) is 73.8 cm³/mol. The van der Waals surface area contributed by atoms with Crippen LogP contribution in [0.15, 0.2) is 42.6 Å². The lowest BCUT2D eigenvalue weighted by molar-refractivity contribution is 0.309. The molecule has 0 saturated carbocycles. The minimum Gasteiger partial charge on any atom is -0.489 e. The Morgan fingerprint density at radius 1 is 1.32 bits per heavy atom. The molecule has 0 atom stereocenters. The molecule has 5 heteroatoms. The van der Waals surface area contributed by atoms with Crippen LogP contribution in [0.5, 0.6) is 5.75 Å². The van der Waals surface area contributed by atoms with Gasteiger partial charge in [-0.25, -0.2) is 9.37 Å². The Morgan fingerprint density at radius 3 is 2.84 bits per heavy atom. The number of hydrogen-bond donors (Lipinski definition) is 1. The van der Waals surface area contributed by atoms with Crippen LogP contribution in [0.25, 0.3) is 0 Å². The molecule has 0 fully saturated rings. The molecule has 0 radical (unpaired) electrons. The van der Waals surface area contributed by atoms with Gasteiger partial charge in [0.25, 0.3) is 0 Å². The van der Waals surface area contributed by atoms with E-state index < -0.39 is 5.82 Å². The topological polar surface area (TPSA) is 51.4 Å². The Morgan fingerprint density at radius 2 is 2.16 bits per heavy atom. The van der Waals surface area contributed by atoms with Crippen LogP contribution < -0.4 is 15.4 Å². The Labute approximate surface area is 111 Å². The largest absolute Gasteiger partial charge is 0.489 e. The van der Waals surface area contributed by atoms with E-state index in [0.717, 1.165) is 5.82 Å². The molecular formula is C14H16FN3O. The van der Waals surface area contributed by atoms with Gasteiger partial charge in [0.2, 0.25) is 0 Å². The molecule has 2 rings (SSSR count). The summed E-state index contributed by atoms with van der Waals surface area (Å²) in [5.74, 6) is 0.619. The second-order valence-corrected chi connectivity index (χ2v) is 4.15. The summed E-state index contributed by atoms with van der Waals surface area (Å²) in [7, 11) is 1.91. The highest BCUT2D eigenvalue weighted by Crippen LogP contribution is 2.19. The van der Waals surface area contributed by atoms with Crippen molar-refractivity contribution >= 4 is 11.5 Å². The normalized spacial score (nSPS) is 10.2. The standard InChI is InChI=1S/C14H16FN3O/c1-18(14-4-2-3-7-17-14)8-9-19-13-6-5-11(16)10-12(13)15/h2-7,10H,8-9,16H2,1H3. The predicted octanol–water partition coefficient (Wildman–Crippen LogP) is 2.32. The highest BCUT2D eigenvalue weighted by Gasteiger charge is 2.05. The van der Waals surface area contributed by atoms with E-state index in [4.69, 9.17) is 10.5 Å². The summed E-state index contributed by atoms with van der Waals surface area (Å²) in [5.41, 5.74) is 5.85. The quantitative estimate of drug-likeness (QED) is 0.839. The number of ether oxygens (including phenoxy) is 1. The highest BCUT2D eigenvalue weighted by molar-refractivity contribution is 5.43. The molecule has 0 bridgehead atoms. The molecule has 1 heterocycles. The van der Waals surface area contributed by atoms with E-state index in [1.807, 2.05) is 30.1 Å². The van der Waals surface area contributed by atoms with Crippen molar-refractivity contribution in [2.24, 2.45) is 0 Å². The molecule has 0 aliphatic carbocycles. The number of nitrogens with zero attached hydrogens (tertiary/aromatic N) is 2. The lowest BCUT2D eigenvalue weighted by Gasteiger charge is -2.18. The van der Waals surface area contributed by atoms with Crippen LogP contribution in [0.2, 0.25) is 0 Å². The molecule has 1 aromatic carbocycles. The molecule has 100 valence electrons. The molecule has 0 unspecified atom stereocenters. The minimum atomic E-state index is -0.444. The van der Waals surface area contributed by atoms with Crippen molar-refractivity contribution in [2.75, 3.05) is 30.8 Å². The number of nitrogen functional groups attached to an aromatic ring is 1. The third-order valence-electron chi connectivity index (χ3n) is 2.68. The Hall–Kier alpha value is -2.30. The number of pyridine rings is 1. The average molecular weight is 261 g/mol. The van der Waals surface area contributed by atoms with Crippen LogP contribution in [-0.2, 0) is 0 Å². The zero-order chi connectivity index (χ0) is 13.7. The third kappa shape index (κ3) is 3.58. The van der Waals surface area contributed by atoms with Crippen molar-refractivity contribution in [1.82, 2.24) is 4.98 Å². The molecule has 0 aliphatic rings. The Balaban J connectivity index is 1.86. The van der Waals surface area contributed by atoms with Crippen LogP contribution in [0.4, 0.5) is 15.9 Å². The fourth-order valence-corrected chi connectivity index (χ4v) is 1.62. The van der Waals surface area contributed by atoms with Crippen LogP contribution in [0.1, 0.15) is 0 Å². The average Bonchev–Trinajstić information content (AvgIpc) is 2.42. The van der Waals surface area contributed by atoms with E-state index in [0.29, 0.717) is 18.8 Å². The molecule has 2 aromatic rings. The zero-order valence-electron chi connectivity index (χ0n) is 10.7. The summed E-state index contributed by atoms with van der Waals surface area (Å²) < 4.78 is 18.9. The second kappa shape index (κ2) is 6.04. The maximum atomic E-state index is 13.5. The van der Waals surface area contributed by atoms with Gasteiger partial charge in [-0.3, -0.25) is 0 Å². The number of anilines is 2. The third-order valence-corrected chi connectivity index (χ3v) is 2.68. The van der Waals surface area contributed by atoms with Crippen LogP contribution in [0, 0.1) is 5.82 Å². The molecule has 4 nitrogen and oxygen atoms in total. The molecule has 1 aromatic heterocycles. The highest BCUT2D eigenvalue weighted by atomic mass is 19.1. The summed E-state index contributed by atoms with van der Waals surface area (Å²) in [5, 5.41) is 0.